The highest BCUT2D eigenvalue weighted by atomic mass is 16.3. The summed E-state index contributed by atoms with van der Waals surface area (Å²) < 4.78 is 0. The number of hydrogen-bond acceptors (Lipinski definition) is 3. The lowest BCUT2D eigenvalue weighted by Crippen LogP contribution is -2.51. The van der Waals surface area contributed by atoms with Crippen LogP contribution in [-0.2, 0) is 0 Å². The first-order valence-corrected chi connectivity index (χ1v) is 5.85. The second-order valence-electron chi connectivity index (χ2n) is 4.32. The maximum Gasteiger partial charge on any atom is 0.0613 e. The van der Waals surface area contributed by atoms with Crippen molar-refractivity contribution in [2.24, 2.45) is 0 Å². The van der Waals surface area contributed by atoms with E-state index in [9.17, 15) is 5.11 Å². The first-order chi connectivity index (χ1) is 6.76. The van der Waals surface area contributed by atoms with Crippen LogP contribution >= 0.6 is 0 Å². The maximum atomic E-state index is 9.37. The molecule has 0 amide bonds. The van der Waals surface area contributed by atoms with E-state index in [0.29, 0.717) is 6.04 Å². The Morgan fingerprint density at radius 2 is 2.14 bits per heavy atom. The number of nitrogens with one attached hydrogen (secondary N) is 2. The van der Waals surface area contributed by atoms with Crippen molar-refractivity contribution in [1.82, 2.24) is 10.6 Å². The van der Waals surface area contributed by atoms with E-state index >= 15 is 0 Å². The Labute approximate surface area is 87.3 Å². The molecule has 1 aliphatic rings. The summed E-state index contributed by atoms with van der Waals surface area (Å²) in [6.45, 7) is 6.65. The van der Waals surface area contributed by atoms with Crippen LogP contribution < -0.4 is 10.6 Å². The van der Waals surface area contributed by atoms with Gasteiger partial charge < -0.3 is 15.7 Å². The van der Waals surface area contributed by atoms with Crippen molar-refractivity contribution < 1.29 is 5.11 Å². The fourth-order valence-corrected chi connectivity index (χ4v) is 2.05. The van der Waals surface area contributed by atoms with E-state index in [4.69, 9.17) is 0 Å². The first kappa shape index (κ1) is 12.0. The van der Waals surface area contributed by atoms with Crippen LogP contribution in [0.2, 0.25) is 0 Å². The molecule has 14 heavy (non-hydrogen) atoms. The Balaban J connectivity index is 2.31. The lowest BCUT2D eigenvalue weighted by molar-refractivity contribution is 0.148. The van der Waals surface area contributed by atoms with Crippen LogP contribution in [-0.4, -0.2) is 36.4 Å². The third kappa shape index (κ3) is 2.94. The van der Waals surface area contributed by atoms with Crippen LogP contribution in [0.1, 0.15) is 39.5 Å². The molecular weight excluding hydrogens is 176 g/mol. The number of aliphatic hydroxyl groups excluding tert-OH is 1. The van der Waals surface area contributed by atoms with Crippen molar-refractivity contribution in [3.8, 4) is 0 Å². The zero-order chi connectivity index (χ0) is 10.4. The normalized spacial score (nSPS) is 22.9. The van der Waals surface area contributed by atoms with Gasteiger partial charge in [0.25, 0.3) is 0 Å². The molecule has 1 unspecified atom stereocenters. The second kappa shape index (κ2) is 5.69. The minimum absolute atomic E-state index is 0.0513. The number of hydrogen-bond donors (Lipinski definition) is 3. The summed E-state index contributed by atoms with van der Waals surface area (Å²) >= 11 is 0. The fraction of sp³-hybridized carbons (Fsp3) is 1.00. The molecule has 0 aromatic carbocycles. The molecule has 0 spiro atoms. The van der Waals surface area contributed by atoms with Crippen molar-refractivity contribution in [1.29, 1.82) is 0 Å². The Morgan fingerprint density at radius 3 is 2.57 bits per heavy atom. The molecule has 0 bridgehead atoms. The van der Waals surface area contributed by atoms with Gasteiger partial charge in [0.15, 0.2) is 0 Å². The molecule has 1 heterocycles. The van der Waals surface area contributed by atoms with Crippen LogP contribution in [0.5, 0.6) is 0 Å². The standard InChI is InChI=1S/C11H24N2O/c1-3-11(4-2,9-14)13-8-10-6-5-7-12-10/h10,12-14H,3-9H2,1-2H3. The Bertz CT molecular complexity index is 143. The number of aliphatic hydroxyl groups is 1. The highest BCUT2D eigenvalue weighted by Crippen LogP contribution is 2.14. The summed E-state index contributed by atoms with van der Waals surface area (Å²) in [5.41, 5.74) is -0.0513. The fourth-order valence-electron chi connectivity index (χ4n) is 2.05. The van der Waals surface area contributed by atoms with Crippen LogP contribution in [0.15, 0.2) is 0 Å². The Hall–Kier alpha value is -0.120. The summed E-state index contributed by atoms with van der Waals surface area (Å²) in [5, 5.41) is 16.3. The molecule has 1 fully saturated rings. The third-order valence-corrected chi connectivity index (χ3v) is 3.54. The van der Waals surface area contributed by atoms with Gasteiger partial charge in [-0.25, -0.2) is 0 Å². The molecule has 0 aliphatic carbocycles. The lowest BCUT2D eigenvalue weighted by atomic mass is 9.93. The summed E-state index contributed by atoms with van der Waals surface area (Å²) in [5.74, 6) is 0. The predicted octanol–water partition coefficient (Wildman–Crippen LogP) is 0.879. The molecule has 1 saturated heterocycles. The van der Waals surface area contributed by atoms with Gasteiger partial charge in [-0.15, -0.1) is 0 Å². The average Bonchev–Trinajstić information content (AvgIpc) is 2.74. The molecule has 84 valence electrons. The molecule has 3 nitrogen and oxygen atoms in total. The van der Waals surface area contributed by atoms with Gasteiger partial charge in [0.2, 0.25) is 0 Å². The monoisotopic (exact) mass is 200 g/mol. The summed E-state index contributed by atoms with van der Waals surface area (Å²) in [6.07, 6.45) is 4.54. The van der Waals surface area contributed by atoms with E-state index in [2.05, 4.69) is 24.5 Å². The average molecular weight is 200 g/mol. The zero-order valence-electron chi connectivity index (χ0n) is 9.47. The molecule has 0 aromatic heterocycles. The molecular formula is C11H24N2O. The van der Waals surface area contributed by atoms with Crippen molar-refractivity contribution in [3.63, 3.8) is 0 Å². The van der Waals surface area contributed by atoms with Crippen LogP contribution in [0.4, 0.5) is 0 Å². The molecule has 0 saturated carbocycles. The molecule has 3 N–H and O–H groups in total. The molecule has 1 aliphatic heterocycles. The van der Waals surface area contributed by atoms with Crippen LogP contribution in [0.3, 0.4) is 0 Å². The van der Waals surface area contributed by atoms with Gasteiger partial charge in [0.1, 0.15) is 0 Å². The van der Waals surface area contributed by atoms with Gasteiger partial charge in [-0.3, -0.25) is 0 Å². The predicted molar refractivity (Wildman–Crippen MR) is 59.4 cm³/mol. The van der Waals surface area contributed by atoms with E-state index < -0.39 is 0 Å². The lowest BCUT2D eigenvalue weighted by Gasteiger charge is -2.32. The Morgan fingerprint density at radius 1 is 1.43 bits per heavy atom. The van der Waals surface area contributed by atoms with E-state index in [1.807, 2.05) is 0 Å². The van der Waals surface area contributed by atoms with Gasteiger partial charge in [-0.2, -0.15) is 0 Å². The minimum atomic E-state index is -0.0513. The molecule has 3 heteroatoms. The molecule has 0 aromatic rings. The van der Waals surface area contributed by atoms with Crippen LogP contribution in [0, 0.1) is 0 Å². The van der Waals surface area contributed by atoms with Gasteiger partial charge in [-0.05, 0) is 32.2 Å². The van der Waals surface area contributed by atoms with E-state index in [1.54, 1.807) is 0 Å². The topological polar surface area (TPSA) is 44.3 Å². The molecule has 0 radical (unpaired) electrons. The quantitative estimate of drug-likeness (QED) is 0.596. The van der Waals surface area contributed by atoms with Crippen molar-refractivity contribution >= 4 is 0 Å². The molecule has 1 rings (SSSR count). The summed E-state index contributed by atoms with van der Waals surface area (Å²) in [7, 11) is 0. The number of rotatable bonds is 6. The summed E-state index contributed by atoms with van der Waals surface area (Å²) in [4.78, 5) is 0. The van der Waals surface area contributed by atoms with Crippen molar-refractivity contribution in [3.05, 3.63) is 0 Å². The van der Waals surface area contributed by atoms with E-state index in [0.717, 1.165) is 25.9 Å². The van der Waals surface area contributed by atoms with Crippen LogP contribution in [0.25, 0.3) is 0 Å². The van der Waals surface area contributed by atoms with Gasteiger partial charge in [0.05, 0.1) is 6.61 Å². The van der Waals surface area contributed by atoms with Gasteiger partial charge in [-0.1, -0.05) is 13.8 Å². The summed E-state index contributed by atoms with van der Waals surface area (Å²) in [6, 6.07) is 0.610. The molecule has 1 atom stereocenters. The van der Waals surface area contributed by atoms with Gasteiger partial charge in [0, 0.05) is 18.1 Å². The maximum absolute atomic E-state index is 9.37. The minimum Gasteiger partial charge on any atom is -0.394 e. The SMILES string of the molecule is CCC(CC)(CO)NCC1CCCN1. The zero-order valence-corrected chi connectivity index (χ0v) is 9.47. The highest BCUT2D eigenvalue weighted by molar-refractivity contribution is 4.87. The largest absolute Gasteiger partial charge is 0.394 e. The first-order valence-electron chi connectivity index (χ1n) is 5.85. The van der Waals surface area contributed by atoms with E-state index in [-0.39, 0.29) is 12.1 Å². The highest BCUT2D eigenvalue weighted by Gasteiger charge is 2.26. The smallest absolute Gasteiger partial charge is 0.0613 e. The van der Waals surface area contributed by atoms with Gasteiger partial charge >= 0.3 is 0 Å². The third-order valence-electron chi connectivity index (χ3n) is 3.54. The van der Waals surface area contributed by atoms with Crippen molar-refractivity contribution in [2.45, 2.75) is 51.1 Å². The van der Waals surface area contributed by atoms with E-state index in [1.165, 1.54) is 12.8 Å². The van der Waals surface area contributed by atoms with Crippen molar-refractivity contribution in [2.75, 3.05) is 19.7 Å². The Kier molecular flexibility index (Phi) is 4.85. The second-order valence-corrected chi connectivity index (χ2v) is 4.32.